The number of aromatic nitrogens is 1. The van der Waals surface area contributed by atoms with E-state index in [1.807, 2.05) is 11.0 Å². The van der Waals surface area contributed by atoms with Gasteiger partial charge in [0.2, 0.25) is 5.91 Å². The Morgan fingerprint density at radius 1 is 1.07 bits per heavy atom. The first kappa shape index (κ1) is 18.9. The molecule has 3 heterocycles. The number of anilines is 1. The number of hydrogen-bond donors (Lipinski definition) is 1. The highest BCUT2D eigenvalue weighted by atomic mass is 16.2. The molecule has 3 amide bonds. The second-order valence-corrected chi connectivity index (χ2v) is 7.23. The summed E-state index contributed by atoms with van der Waals surface area (Å²) in [6.07, 6.45) is 5.33. The maximum atomic E-state index is 13.3. The summed E-state index contributed by atoms with van der Waals surface area (Å²) < 4.78 is 0. The van der Waals surface area contributed by atoms with Crippen molar-refractivity contribution in [2.75, 3.05) is 18.4 Å². The lowest BCUT2D eigenvalue weighted by Gasteiger charge is -2.20. The van der Waals surface area contributed by atoms with Gasteiger partial charge in [0.15, 0.2) is 0 Å². The van der Waals surface area contributed by atoms with Crippen molar-refractivity contribution in [2.45, 2.75) is 26.3 Å². The summed E-state index contributed by atoms with van der Waals surface area (Å²) in [5.74, 6) is -0.723. The molecule has 0 saturated carbocycles. The van der Waals surface area contributed by atoms with Crippen molar-refractivity contribution in [1.29, 1.82) is 0 Å². The van der Waals surface area contributed by atoms with Crippen LogP contribution in [0.4, 0.5) is 5.69 Å². The average Bonchev–Trinajstić information content (AvgIpc) is 3.32. The zero-order chi connectivity index (χ0) is 20.4. The minimum Gasteiger partial charge on any atom is -0.366 e. The first-order valence-electron chi connectivity index (χ1n) is 9.67. The van der Waals surface area contributed by atoms with E-state index in [1.165, 1.54) is 11.8 Å². The molecule has 148 valence electrons. The van der Waals surface area contributed by atoms with Crippen molar-refractivity contribution < 1.29 is 14.4 Å². The highest BCUT2D eigenvalue weighted by Crippen LogP contribution is 2.34. The first-order valence-corrected chi connectivity index (χ1v) is 9.67. The predicted molar refractivity (Wildman–Crippen MR) is 108 cm³/mol. The monoisotopic (exact) mass is 390 g/mol. The number of pyridine rings is 1. The van der Waals surface area contributed by atoms with Crippen LogP contribution in [0.25, 0.3) is 5.57 Å². The van der Waals surface area contributed by atoms with Gasteiger partial charge in [0.05, 0.1) is 12.1 Å². The number of carbonyl (C=O) groups excluding carboxylic acids is 3. The van der Waals surface area contributed by atoms with Crippen molar-refractivity contribution >= 4 is 29.0 Å². The van der Waals surface area contributed by atoms with Crippen LogP contribution >= 0.6 is 0 Å². The molecule has 0 radical (unpaired) electrons. The summed E-state index contributed by atoms with van der Waals surface area (Å²) in [5, 5.41) is 2.72. The van der Waals surface area contributed by atoms with E-state index in [4.69, 9.17) is 0 Å². The van der Waals surface area contributed by atoms with Gasteiger partial charge >= 0.3 is 0 Å². The summed E-state index contributed by atoms with van der Waals surface area (Å²) in [5.41, 5.74) is 3.03. The number of rotatable bonds is 5. The molecular weight excluding hydrogens is 368 g/mol. The molecule has 1 saturated heterocycles. The Bertz CT molecular complexity index is 977. The summed E-state index contributed by atoms with van der Waals surface area (Å²) in [7, 11) is 0. The van der Waals surface area contributed by atoms with Crippen LogP contribution in [-0.2, 0) is 20.9 Å². The van der Waals surface area contributed by atoms with Crippen LogP contribution in [-0.4, -0.2) is 45.6 Å². The number of carbonyl (C=O) groups is 3. The first-order chi connectivity index (χ1) is 14.0. The van der Waals surface area contributed by atoms with Crippen molar-refractivity contribution in [3.63, 3.8) is 0 Å². The van der Waals surface area contributed by atoms with Gasteiger partial charge in [-0.1, -0.05) is 18.2 Å². The van der Waals surface area contributed by atoms with Gasteiger partial charge in [0.1, 0.15) is 5.70 Å². The lowest BCUT2D eigenvalue weighted by molar-refractivity contribution is -0.138. The van der Waals surface area contributed by atoms with E-state index in [2.05, 4.69) is 10.3 Å². The van der Waals surface area contributed by atoms with Crippen LogP contribution < -0.4 is 5.32 Å². The van der Waals surface area contributed by atoms with E-state index in [0.717, 1.165) is 31.5 Å². The van der Waals surface area contributed by atoms with Gasteiger partial charge < -0.3 is 10.2 Å². The summed E-state index contributed by atoms with van der Waals surface area (Å²) >= 11 is 0. The average molecular weight is 390 g/mol. The molecule has 0 unspecified atom stereocenters. The summed E-state index contributed by atoms with van der Waals surface area (Å²) in [6, 6.07) is 10.7. The molecule has 0 spiro atoms. The van der Waals surface area contributed by atoms with E-state index < -0.39 is 0 Å². The number of imide groups is 1. The number of nitrogens with one attached hydrogen (secondary N) is 1. The fourth-order valence-corrected chi connectivity index (χ4v) is 3.80. The van der Waals surface area contributed by atoms with Crippen molar-refractivity contribution in [2.24, 2.45) is 0 Å². The minimum atomic E-state index is -0.298. The minimum absolute atomic E-state index is 0.163. The number of benzene rings is 1. The van der Waals surface area contributed by atoms with E-state index in [1.54, 1.807) is 42.7 Å². The molecule has 2 aliphatic rings. The molecule has 7 nitrogen and oxygen atoms in total. The highest BCUT2D eigenvalue weighted by Gasteiger charge is 2.42. The Labute approximate surface area is 169 Å². The van der Waals surface area contributed by atoms with Gasteiger partial charge in [-0.3, -0.25) is 24.3 Å². The molecule has 0 atom stereocenters. The third-order valence-corrected chi connectivity index (χ3v) is 5.12. The van der Waals surface area contributed by atoms with Crippen LogP contribution in [0.1, 0.15) is 30.9 Å². The summed E-state index contributed by atoms with van der Waals surface area (Å²) in [6.45, 7) is 3.17. The van der Waals surface area contributed by atoms with Crippen molar-refractivity contribution in [1.82, 2.24) is 14.8 Å². The molecule has 2 aromatic rings. The summed E-state index contributed by atoms with van der Waals surface area (Å²) in [4.78, 5) is 45.2. The molecular formula is C22H22N4O3. The van der Waals surface area contributed by atoms with Gasteiger partial charge in [-0.15, -0.1) is 0 Å². The van der Waals surface area contributed by atoms with E-state index in [0.29, 0.717) is 22.5 Å². The molecule has 4 rings (SSSR count). The second kappa shape index (κ2) is 7.87. The van der Waals surface area contributed by atoms with Crippen LogP contribution in [0.15, 0.2) is 54.5 Å². The zero-order valence-electron chi connectivity index (χ0n) is 16.2. The van der Waals surface area contributed by atoms with Crippen LogP contribution in [0.3, 0.4) is 0 Å². The molecule has 0 bridgehead atoms. The van der Waals surface area contributed by atoms with Gasteiger partial charge in [0, 0.05) is 38.1 Å². The van der Waals surface area contributed by atoms with E-state index >= 15 is 0 Å². The van der Waals surface area contributed by atoms with Crippen LogP contribution in [0, 0.1) is 0 Å². The molecule has 7 heteroatoms. The molecule has 1 N–H and O–H groups in total. The van der Waals surface area contributed by atoms with Gasteiger partial charge in [-0.05, 0) is 42.2 Å². The van der Waals surface area contributed by atoms with Crippen molar-refractivity contribution in [3.8, 4) is 0 Å². The molecule has 1 aromatic carbocycles. The Kier molecular flexibility index (Phi) is 5.12. The number of amides is 3. The SMILES string of the molecule is CC(=O)Nc1ccc(C2=C(N3CCCC3)C(=O)N(Cc3cccnc3)C2=O)cc1. The van der Waals surface area contributed by atoms with Crippen LogP contribution in [0.5, 0.6) is 0 Å². The number of hydrogen-bond acceptors (Lipinski definition) is 5. The number of likely N-dealkylation sites (tertiary alicyclic amines) is 1. The van der Waals surface area contributed by atoms with Crippen molar-refractivity contribution in [3.05, 3.63) is 65.6 Å². The lowest BCUT2D eigenvalue weighted by Crippen LogP contribution is -2.34. The second-order valence-electron chi connectivity index (χ2n) is 7.23. The molecule has 1 fully saturated rings. The molecule has 29 heavy (non-hydrogen) atoms. The maximum absolute atomic E-state index is 13.3. The van der Waals surface area contributed by atoms with Gasteiger partial charge in [0.25, 0.3) is 11.8 Å². The topological polar surface area (TPSA) is 82.6 Å². The maximum Gasteiger partial charge on any atom is 0.278 e. The smallest absolute Gasteiger partial charge is 0.278 e. The molecule has 0 aliphatic carbocycles. The molecule has 2 aliphatic heterocycles. The largest absolute Gasteiger partial charge is 0.366 e. The fourth-order valence-electron chi connectivity index (χ4n) is 3.80. The zero-order valence-corrected chi connectivity index (χ0v) is 16.2. The molecule has 1 aromatic heterocycles. The Morgan fingerprint density at radius 2 is 1.79 bits per heavy atom. The van der Waals surface area contributed by atoms with E-state index in [9.17, 15) is 14.4 Å². The van der Waals surface area contributed by atoms with E-state index in [-0.39, 0.29) is 24.3 Å². The lowest BCUT2D eigenvalue weighted by atomic mass is 10.0. The Hall–Kier alpha value is -3.48. The van der Waals surface area contributed by atoms with Crippen LogP contribution in [0.2, 0.25) is 0 Å². The Balaban J connectivity index is 1.70. The predicted octanol–water partition coefficient (Wildman–Crippen LogP) is 2.42. The fraction of sp³-hybridized carbons (Fsp3) is 0.273. The third-order valence-electron chi connectivity index (χ3n) is 5.12. The number of nitrogens with zero attached hydrogens (tertiary/aromatic N) is 3. The highest BCUT2D eigenvalue weighted by molar-refractivity contribution is 6.35. The third kappa shape index (κ3) is 3.76. The standard InChI is InChI=1S/C22H22N4O3/c1-15(27)24-18-8-6-17(7-9-18)19-20(25-11-2-3-12-25)22(29)26(21(19)28)14-16-5-4-10-23-13-16/h4-10,13H,2-3,11-12,14H2,1H3,(H,24,27). The normalized spacial score (nSPS) is 16.7. The Morgan fingerprint density at radius 3 is 2.41 bits per heavy atom. The van der Waals surface area contributed by atoms with Gasteiger partial charge in [-0.2, -0.15) is 0 Å². The van der Waals surface area contributed by atoms with Gasteiger partial charge in [-0.25, -0.2) is 0 Å². The quantitative estimate of drug-likeness (QED) is 0.793.